The fraction of sp³-hybridized carbons (Fsp3) is 0.105. The molecule has 1 atom stereocenters. The summed E-state index contributed by atoms with van der Waals surface area (Å²) >= 11 is 0. The van der Waals surface area contributed by atoms with Crippen molar-refractivity contribution in [1.29, 1.82) is 0 Å². The summed E-state index contributed by atoms with van der Waals surface area (Å²) in [5.41, 5.74) is 4.83. The predicted octanol–water partition coefficient (Wildman–Crippen LogP) is 4.89. The van der Waals surface area contributed by atoms with Crippen molar-refractivity contribution in [2.24, 2.45) is 5.92 Å². The maximum Gasteiger partial charge on any atom is 0.0346 e. The zero-order valence-electron chi connectivity index (χ0n) is 11.5. The van der Waals surface area contributed by atoms with Crippen LogP contribution in [0.15, 0.2) is 79.2 Å². The van der Waals surface area contributed by atoms with Gasteiger partial charge in [-0.15, -0.1) is 0 Å². The van der Waals surface area contributed by atoms with Gasteiger partial charge in [0.1, 0.15) is 0 Å². The zero-order valence-corrected chi connectivity index (χ0v) is 11.5. The summed E-state index contributed by atoms with van der Waals surface area (Å²) < 4.78 is 0. The fourth-order valence-corrected chi connectivity index (χ4v) is 2.31. The predicted molar refractivity (Wildman–Crippen MR) is 85.1 cm³/mol. The smallest absolute Gasteiger partial charge is 0.0346 e. The van der Waals surface area contributed by atoms with Crippen LogP contribution < -0.4 is 0 Å². The van der Waals surface area contributed by atoms with Gasteiger partial charge in [0.05, 0.1) is 0 Å². The van der Waals surface area contributed by atoms with Gasteiger partial charge in [-0.1, -0.05) is 61.6 Å². The fourth-order valence-electron chi connectivity index (χ4n) is 2.31. The normalized spacial score (nSPS) is 17.6. The van der Waals surface area contributed by atoms with Crippen molar-refractivity contribution < 1.29 is 0 Å². The minimum Gasteiger partial charge on any atom is -0.264 e. The van der Waals surface area contributed by atoms with E-state index in [2.05, 4.69) is 72.6 Å². The minimum atomic E-state index is 0.491. The number of nitrogens with zero attached hydrogens (tertiary/aromatic N) is 1. The van der Waals surface area contributed by atoms with Gasteiger partial charge in [0.2, 0.25) is 0 Å². The van der Waals surface area contributed by atoms with Crippen molar-refractivity contribution in [2.45, 2.75) is 6.92 Å². The first-order valence-electron chi connectivity index (χ1n) is 6.90. The van der Waals surface area contributed by atoms with Gasteiger partial charge < -0.3 is 0 Å². The molecule has 0 amide bonds. The van der Waals surface area contributed by atoms with E-state index >= 15 is 0 Å². The van der Waals surface area contributed by atoms with E-state index in [0.29, 0.717) is 5.92 Å². The van der Waals surface area contributed by atoms with E-state index in [0.717, 1.165) is 5.56 Å². The van der Waals surface area contributed by atoms with Gasteiger partial charge in [-0.2, -0.15) is 0 Å². The highest BCUT2D eigenvalue weighted by atomic mass is 14.6. The van der Waals surface area contributed by atoms with E-state index < -0.39 is 0 Å². The maximum absolute atomic E-state index is 4.19. The van der Waals surface area contributed by atoms with Gasteiger partial charge in [-0.25, -0.2) is 0 Å². The van der Waals surface area contributed by atoms with Gasteiger partial charge in [-0.3, -0.25) is 4.98 Å². The number of hydrogen-bond donors (Lipinski definition) is 0. The minimum absolute atomic E-state index is 0.491. The van der Waals surface area contributed by atoms with Crippen molar-refractivity contribution in [3.05, 3.63) is 84.7 Å². The van der Waals surface area contributed by atoms with Gasteiger partial charge in [0.15, 0.2) is 0 Å². The monoisotopic (exact) mass is 259 g/mol. The molecular formula is C19H17N. The van der Waals surface area contributed by atoms with E-state index in [-0.39, 0.29) is 0 Å². The molecule has 0 fully saturated rings. The summed E-state index contributed by atoms with van der Waals surface area (Å²) in [4.78, 5) is 4.19. The van der Waals surface area contributed by atoms with Crippen LogP contribution in [0, 0.1) is 5.92 Å². The number of hydrogen-bond acceptors (Lipinski definition) is 1. The van der Waals surface area contributed by atoms with Crippen molar-refractivity contribution in [2.75, 3.05) is 0 Å². The summed E-state index contributed by atoms with van der Waals surface area (Å²) in [6.45, 7) is 2.19. The highest BCUT2D eigenvalue weighted by Gasteiger charge is 2.03. The lowest BCUT2D eigenvalue weighted by molar-refractivity contribution is 0.943. The van der Waals surface area contributed by atoms with E-state index in [1.165, 1.54) is 16.7 Å². The molecule has 98 valence electrons. The average Bonchev–Trinajstić information content (AvgIpc) is 2.73. The second-order valence-corrected chi connectivity index (χ2v) is 5.05. The Balaban J connectivity index is 1.98. The van der Waals surface area contributed by atoms with Crippen LogP contribution >= 0.6 is 0 Å². The molecule has 1 heteroatoms. The molecule has 0 bridgehead atoms. The molecule has 0 radical (unpaired) electrons. The number of benzene rings is 1. The highest BCUT2D eigenvalue weighted by molar-refractivity contribution is 5.79. The van der Waals surface area contributed by atoms with Crippen LogP contribution in [0.5, 0.6) is 0 Å². The Kier molecular flexibility index (Phi) is 3.60. The zero-order chi connectivity index (χ0) is 13.8. The molecule has 0 aliphatic heterocycles. The molecule has 1 nitrogen and oxygen atoms in total. The molecule has 1 aliphatic rings. The lowest BCUT2D eigenvalue weighted by Gasteiger charge is -2.06. The standard InChI is InChI=1S/C19H17N/c1-15-5-2-6-16(11-10-15)17-7-3-8-18(13-17)19-9-4-12-20-14-19/h2-15H,1H3. The van der Waals surface area contributed by atoms with Crippen molar-refractivity contribution >= 4 is 5.57 Å². The summed E-state index contributed by atoms with van der Waals surface area (Å²) in [6.07, 6.45) is 14.6. The van der Waals surface area contributed by atoms with Crippen LogP contribution in [-0.4, -0.2) is 4.98 Å². The van der Waals surface area contributed by atoms with E-state index in [1.54, 1.807) is 6.20 Å². The molecule has 2 aromatic rings. The van der Waals surface area contributed by atoms with Crippen LogP contribution in [0.1, 0.15) is 12.5 Å². The lowest BCUT2D eigenvalue weighted by atomic mass is 9.99. The van der Waals surface area contributed by atoms with Crippen LogP contribution in [0.2, 0.25) is 0 Å². The molecular weight excluding hydrogens is 242 g/mol. The molecule has 1 unspecified atom stereocenters. The van der Waals surface area contributed by atoms with Crippen molar-refractivity contribution in [3.8, 4) is 11.1 Å². The molecule has 1 aliphatic carbocycles. The van der Waals surface area contributed by atoms with Crippen LogP contribution in [0.4, 0.5) is 0 Å². The van der Waals surface area contributed by atoms with Gasteiger partial charge in [-0.05, 0) is 34.8 Å². The molecule has 0 N–H and O–H groups in total. The first kappa shape index (κ1) is 12.6. The number of allylic oxidation sites excluding steroid dienone is 6. The quantitative estimate of drug-likeness (QED) is 0.748. The third kappa shape index (κ3) is 2.77. The van der Waals surface area contributed by atoms with E-state index in [4.69, 9.17) is 0 Å². The maximum atomic E-state index is 4.19. The van der Waals surface area contributed by atoms with E-state index in [1.807, 2.05) is 12.3 Å². The molecule has 0 saturated heterocycles. The first-order chi connectivity index (χ1) is 9.83. The summed E-state index contributed by atoms with van der Waals surface area (Å²) in [5, 5.41) is 0. The Morgan fingerprint density at radius 3 is 2.65 bits per heavy atom. The number of aromatic nitrogens is 1. The molecule has 20 heavy (non-hydrogen) atoms. The van der Waals surface area contributed by atoms with Crippen molar-refractivity contribution in [3.63, 3.8) is 0 Å². The Bertz CT molecular complexity index is 678. The van der Waals surface area contributed by atoms with Crippen LogP contribution in [-0.2, 0) is 0 Å². The Hall–Kier alpha value is -2.41. The van der Waals surface area contributed by atoms with Crippen LogP contribution in [0.25, 0.3) is 16.7 Å². The van der Waals surface area contributed by atoms with Gasteiger partial charge in [0, 0.05) is 18.0 Å². The van der Waals surface area contributed by atoms with E-state index in [9.17, 15) is 0 Å². The molecule has 3 rings (SSSR count). The van der Waals surface area contributed by atoms with Gasteiger partial charge in [0.25, 0.3) is 0 Å². The molecule has 1 heterocycles. The second kappa shape index (κ2) is 5.70. The Morgan fingerprint density at radius 1 is 0.950 bits per heavy atom. The largest absolute Gasteiger partial charge is 0.264 e. The molecule has 1 aromatic heterocycles. The first-order valence-corrected chi connectivity index (χ1v) is 6.90. The topological polar surface area (TPSA) is 12.9 Å². The molecule has 0 saturated carbocycles. The Labute approximate surface area is 120 Å². The molecule has 0 spiro atoms. The number of rotatable bonds is 2. The lowest BCUT2D eigenvalue weighted by Crippen LogP contribution is -1.84. The average molecular weight is 259 g/mol. The molecule has 1 aromatic carbocycles. The second-order valence-electron chi connectivity index (χ2n) is 5.05. The third-order valence-corrected chi connectivity index (χ3v) is 3.46. The highest BCUT2D eigenvalue weighted by Crippen LogP contribution is 2.25. The summed E-state index contributed by atoms with van der Waals surface area (Å²) in [5.74, 6) is 0.491. The summed E-state index contributed by atoms with van der Waals surface area (Å²) in [7, 11) is 0. The Morgan fingerprint density at radius 2 is 1.80 bits per heavy atom. The SMILES string of the molecule is CC1C=CC=C(c2cccc(-c3cccnc3)c2)C=C1. The van der Waals surface area contributed by atoms with Crippen LogP contribution in [0.3, 0.4) is 0 Å². The van der Waals surface area contributed by atoms with Gasteiger partial charge >= 0.3 is 0 Å². The summed E-state index contributed by atoms with van der Waals surface area (Å²) in [6, 6.07) is 12.7. The number of pyridine rings is 1. The third-order valence-electron chi connectivity index (χ3n) is 3.46. The van der Waals surface area contributed by atoms with Crippen molar-refractivity contribution in [1.82, 2.24) is 4.98 Å².